The van der Waals surface area contributed by atoms with Gasteiger partial charge in [0, 0.05) is 16.2 Å². The molecule has 3 nitrogen and oxygen atoms in total. The van der Waals surface area contributed by atoms with E-state index in [2.05, 4.69) is 25.2 Å². The van der Waals surface area contributed by atoms with Crippen LogP contribution in [0, 0.1) is 19.3 Å². The third-order valence-electron chi connectivity index (χ3n) is 4.56. The van der Waals surface area contributed by atoms with Crippen LogP contribution in [0.15, 0.2) is 6.07 Å². The van der Waals surface area contributed by atoms with E-state index in [4.69, 9.17) is 5.73 Å². The highest BCUT2D eigenvalue weighted by molar-refractivity contribution is 7.12. The van der Waals surface area contributed by atoms with Crippen molar-refractivity contribution in [3.63, 3.8) is 0 Å². The molecule has 0 spiro atoms. The van der Waals surface area contributed by atoms with Crippen LogP contribution in [0.3, 0.4) is 0 Å². The lowest BCUT2D eigenvalue weighted by Crippen LogP contribution is -2.38. The van der Waals surface area contributed by atoms with Crippen LogP contribution in [0.2, 0.25) is 0 Å². The largest absolute Gasteiger partial charge is 0.351 e. The van der Waals surface area contributed by atoms with E-state index in [0.29, 0.717) is 19.5 Å². The van der Waals surface area contributed by atoms with Gasteiger partial charge in [0.25, 0.3) is 0 Å². The number of aryl methyl sites for hydroxylation is 2. The Morgan fingerprint density at radius 3 is 2.60 bits per heavy atom. The fraction of sp³-hybridized carbons (Fsp3) is 0.688. The van der Waals surface area contributed by atoms with Crippen molar-refractivity contribution in [2.24, 2.45) is 11.1 Å². The molecule has 0 saturated heterocycles. The first-order valence-corrected chi connectivity index (χ1v) is 8.39. The summed E-state index contributed by atoms with van der Waals surface area (Å²) in [6.07, 6.45) is 6.52. The van der Waals surface area contributed by atoms with E-state index in [1.165, 1.54) is 34.6 Å². The number of thiophene rings is 1. The first-order valence-electron chi connectivity index (χ1n) is 7.57. The van der Waals surface area contributed by atoms with Gasteiger partial charge < -0.3 is 11.1 Å². The second-order valence-corrected chi connectivity index (χ2v) is 7.51. The molecule has 1 amide bonds. The molecule has 0 atom stereocenters. The molecular weight excluding hydrogens is 268 g/mol. The van der Waals surface area contributed by atoms with Gasteiger partial charge in [0.15, 0.2) is 0 Å². The van der Waals surface area contributed by atoms with E-state index in [-0.39, 0.29) is 11.3 Å². The number of carbonyl (C=O) groups is 1. The monoisotopic (exact) mass is 294 g/mol. The molecule has 112 valence electrons. The predicted octanol–water partition coefficient (Wildman–Crippen LogP) is 3.28. The maximum atomic E-state index is 12.2. The summed E-state index contributed by atoms with van der Waals surface area (Å²) in [5, 5.41) is 3.06. The number of hydrogen-bond acceptors (Lipinski definition) is 3. The average Bonchev–Trinajstić information content (AvgIpc) is 2.77. The molecule has 1 aromatic heterocycles. The fourth-order valence-corrected chi connectivity index (χ4v) is 4.07. The molecule has 0 aliphatic heterocycles. The van der Waals surface area contributed by atoms with Gasteiger partial charge in [-0.15, -0.1) is 11.3 Å². The van der Waals surface area contributed by atoms with E-state index in [0.717, 1.165) is 12.8 Å². The van der Waals surface area contributed by atoms with E-state index in [1.807, 2.05) is 0 Å². The number of nitrogens with two attached hydrogens (primary N) is 1. The number of nitrogens with one attached hydrogen (secondary N) is 1. The summed E-state index contributed by atoms with van der Waals surface area (Å²) in [7, 11) is 0. The zero-order chi connectivity index (χ0) is 14.6. The molecule has 1 aromatic rings. The molecule has 4 heteroatoms. The highest BCUT2D eigenvalue weighted by Crippen LogP contribution is 2.38. The van der Waals surface area contributed by atoms with Crippen molar-refractivity contribution in [1.82, 2.24) is 5.32 Å². The molecule has 0 aromatic carbocycles. The standard InChI is InChI=1S/C16H26N2OS/c1-12-8-14(20-13(12)2)10-18-15(19)9-16(11-17)6-4-3-5-7-16/h8H,3-7,9-11,17H2,1-2H3,(H,18,19). The van der Waals surface area contributed by atoms with Crippen LogP contribution in [-0.2, 0) is 11.3 Å². The van der Waals surface area contributed by atoms with Crippen molar-refractivity contribution in [1.29, 1.82) is 0 Å². The minimum atomic E-state index is 0.0591. The topological polar surface area (TPSA) is 55.1 Å². The van der Waals surface area contributed by atoms with Crippen LogP contribution >= 0.6 is 11.3 Å². The number of amides is 1. The maximum absolute atomic E-state index is 12.2. The van der Waals surface area contributed by atoms with Crippen molar-refractivity contribution < 1.29 is 4.79 Å². The van der Waals surface area contributed by atoms with E-state index in [1.54, 1.807) is 11.3 Å². The van der Waals surface area contributed by atoms with Crippen LogP contribution < -0.4 is 11.1 Å². The number of rotatable bonds is 5. The van der Waals surface area contributed by atoms with Crippen molar-refractivity contribution >= 4 is 17.2 Å². The minimum Gasteiger partial charge on any atom is -0.351 e. The molecule has 20 heavy (non-hydrogen) atoms. The lowest BCUT2D eigenvalue weighted by molar-refractivity contribution is -0.124. The highest BCUT2D eigenvalue weighted by atomic mass is 32.1. The zero-order valence-corrected chi connectivity index (χ0v) is 13.4. The van der Waals surface area contributed by atoms with Crippen LogP contribution in [0.5, 0.6) is 0 Å². The molecule has 1 saturated carbocycles. The molecule has 0 radical (unpaired) electrons. The van der Waals surface area contributed by atoms with E-state index < -0.39 is 0 Å². The molecule has 1 aliphatic carbocycles. The van der Waals surface area contributed by atoms with Crippen LogP contribution in [0.4, 0.5) is 0 Å². The van der Waals surface area contributed by atoms with Gasteiger partial charge in [0.05, 0.1) is 6.54 Å². The molecule has 0 unspecified atom stereocenters. The molecule has 1 aliphatic rings. The normalized spacial score (nSPS) is 17.9. The Balaban J connectivity index is 1.85. The maximum Gasteiger partial charge on any atom is 0.220 e. The highest BCUT2D eigenvalue weighted by Gasteiger charge is 2.32. The lowest BCUT2D eigenvalue weighted by Gasteiger charge is -2.35. The summed E-state index contributed by atoms with van der Waals surface area (Å²) in [6.45, 7) is 5.52. The number of carbonyl (C=O) groups excluding carboxylic acids is 1. The SMILES string of the molecule is Cc1cc(CNC(=O)CC2(CN)CCCCC2)sc1C. The molecule has 2 rings (SSSR count). The van der Waals surface area contributed by atoms with Gasteiger partial charge >= 0.3 is 0 Å². The zero-order valence-electron chi connectivity index (χ0n) is 12.6. The summed E-state index contributed by atoms with van der Waals surface area (Å²) in [5.41, 5.74) is 7.31. The van der Waals surface area contributed by atoms with Crippen molar-refractivity contribution in [3.05, 3.63) is 21.4 Å². The quantitative estimate of drug-likeness (QED) is 0.875. The van der Waals surface area contributed by atoms with Gasteiger partial charge in [0.1, 0.15) is 0 Å². The Morgan fingerprint density at radius 1 is 1.35 bits per heavy atom. The minimum absolute atomic E-state index is 0.0591. The lowest BCUT2D eigenvalue weighted by atomic mass is 9.71. The number of hydrogen-bond donors (Lipinski definition) is 2. The summed E-state index contributed by atoms with van der Waals surface area (Å²) >= 11 is 1.77. The first kappa shape index (κ1) is 15.5. The summed E-state index contributed by atoms with van der Waals surface area (Å²) < 4.78 is 0. The van der Waals surface area contributed by atoms with E-state index in [9.17, 15) is 4.79 Å². The van der Waals surface area contributed by atoms with Gasteiger partial charge in [-0.25, -0.2) is 0 Å². The van der Waals surface area contributed by atoms with Gasteiger partial charge in [-0.05, 0) is 50.3 Å². The Labute approximate surface area is 125 Å². The molecule has 0 bridgehead atoms. The van der Waals surface area contributed by atoms with Gasteiger partial charge in [-0.1, -0.05) is 19.3 Å². The van der Waals surface area contributed by atoms with Crippen molar-refractivity contribution in [3.8, 4) is 0 Å². The van der Waals surface area contributed by atoms with Gasteiger partial charge in [0.2, 0.25) is 5.91 Å². The summed E-state index contributed by atoms with van der Waals surface area (Å²) in [5.74, 6) is 0.154. The summed E-state index contributed by atoms with van der Waals surface area (Å²) in [6, 6.07) is 2.17. The van der Waals surface area contributed by atoms with E-state index >= 15 is 0 Å². The second kappa shape index (κ2) is 6.72. The Kier molecular flexibility index (Phi) is 5.22. The van der Waals surface area contributed by atoms with Crippen molar-refractivity contribution in [2.45, 2.75) is 58.9 Å². The Hall–Kier alpha value is -0.870. The molecular formula is C16H26N2OS. The third kappa shape index (κ3) is 3.83. The Bertz CT molecular complexity index is 442. The third-order valence-corrected chi connectivity index (χ3v) is 5.71. The van der Waals surface area contributed by atoms with Crippen molar-refractivity contribution in [2.75, 3.05) is 6.54 Å². The predicted molar refractivity (Wildman–Crippen MR) is 84.8 cm³/mol. The van der Waals surface area contributed by atoms with Crippen LogP contribution in [0.1, 0.15) is 53.8 Å². The molecule has 1 heterocycles. The second-order valence-electron chi connectivity index (χ2n) is 6.17. The molecule has 3 N–H and O–H groups in total. The summed E-state index contributed by atoms with van der Waals surface area (Å²) in [4.78, 5) is 14.7. The first-order chi connectivity index (χ1) is 9.54. The van der Waals surface area contributed by atoms with Gasteiger partial charge in [-0.3, -0.25) is 4.79 Å². The van der Waals surface area contributed by atoms with Crippen LogP contribution in [0.25, 0.3) is 0 Å². The van der Waals surface area contributed by atoms with Gasteiger partial charge in [-0.2, -0.15) is 0 Å². The molecule has 1 fully saturated rings. The smallest absolute Gasteiger partial charge is 0.220 e. The fourth-order valence-electron chi connectivity index (χ4n) is 3.08. The average molecular weight is 294 g/mol. The van der Waals surface area contributed by atoms with Crippen LogP contribution in [-0.4, -0.2) is 12.5 Å². The Morgan fingerprint density at radius 2 is 2.05 bits per heavy atom.